The molecule has 0 bridgehead atoms. The summed E-state index contributed by atoms with van der Waals surface area (Å²) in [5, 5.41) is 0. The van der Waals surface area contributed by atoms with Gasteiger partial charge in [-0.2, -0.15) is 0 Å². The lowest BCUT2D eigenvalue weighted by molar-refractivity contribution is 0.211. The molecule has 0 spiro atoms. The van der Waals surface area contributed by atoms with E-state index in [2.05, 4.69) is 44.2 Å². The summed E-state index contributed by atoms with van der Waals surface area (Å²) in [5.74, 6) is 6.91. The third-order valence-electron chi connectivity index (χ3n) is 4.79. The molecule has 3 N–H and O–H groups in total. The van der Waals surface area contributed by atoms with E-state index in [-0.39, 0.29) is 0 Å². The molecule has 0 aromatic carbocycles. The molecular formula is C16H27N3. The summed E-state index contributed by atoms with van der Waals surface area (Å²) >= 11 is 0. The number of rotatable bonds is 4. The third kappa shape index (κ3) is 3.15. The molecule has 0 aliphatic heterocycles. The van der Waals surface area contributed by atoms with E-state index in [1.807, 2.05) is 12.3 Å². The molecule has 0 saturated carbocycles. The second-order valence-corrected chi connectivity index (χ2v) is 6.97. The van der Waals surface area contributed by atoms with Gasteiger partial charge in [0.1, 0.15) is 0 Å². The van der Waals surface area contributed by atoms with Crippen LogP contribution in [0.5, 0.6) is 0 Å². The molecule has 106 valence electrons. The van der Waals surface area contributed by atoms with Crippen LogP contribution in [0.4, 0.5) is 0 Å². The number of hydrazine groups is 1. The minimum Gasteiger partial charge on any atom is -0.271 e. The molecule has 0 amide bonds. The van der Waals surface area contributed by atoms with Crippen LogP contribution in [-0.4, -0.2) is 11.0 Å². The summed E-state index contributed by atoms with van der Waals surface area (Å²) in [5.41, 5.74) is 6.02. The SMILES string of the molecule is CC(CC(NN)C1CCc2cccnc21)C(C)(C)C. The summed E-state index contributed by atoms with van der Waals surface area (Å²) in [6, 6.07) is 4.55. The van der Waals surface area contributed by atoms with Gasteiger partial charge >= 0.3 is 0 Å². The number of hydrogen-bond acceptors (Lipinski definition) is 3. The maximum atomic E-state index is 5.82. The van der Waals surface area contributed by atoms with Crippen LogP contribution >= 0.6 is 0 Å². The molecule has 0 saturated heterocycles. The molecule has 3 nitrogen and oxygen atoms in total. The van der Waals surface area contributed by atoms with Crippen LogP contribution in [0.25, 0.3) is 0 Å². The summed E-state index contributed by atoms with van der Waals surface area (Å²) in [6.07, 6.45) is 5.30. The van der Waals surface area contributed by atoms with E-state index >= 15 is 0 Å². The van der Waals surface area contributed by atoms with Crippen LogP contribution in [-0.2, 0) is 6.42 Å². The molecule has 1 aliphatic carbocycles. The van der Waals surface area contributed by atoms with E-state index in [0.717, 1.165) is 19.3 Å². The molecule has 1 aromatic heterocycles. The molecule has 2 rings (SSSR count). The highest BCUT2D eigenvalue weighted by atomic mass is 15.2. The maximum absolute atomic E-state index is 5.82. The van der Waals surface area contributed by atoms with Crippen molar-refractivity contribution >= 4 is 0 Å². The van der Waals surface area contributed by atoms with Gasteiger partial charge in [0.2, 0.25) is 0 Å². The molecule has 3 heteroatoms. The van der Waals surface area contributed by atoms with Crippen LogP contribution < -0.4 is 11.3 Å². The highest BCUT2D eigenvalue weighted by molar-refractivity contribution is 5.29. The van der Waals surface area contributed by atoms with E-state index in [0.29, 0.717) is 23.3 Å². The number of hydrogen-bond donors (Lipinski definition) is 2. The van der Waals surface area contributed by atoms with E-state index < -0.39 is 0 Å². The van der Waals surface area contributed by atoms with Gasteiger partial charge in [-0.1, -0.05) is 33.8 Å². The number of aromatic nitrogens is 1. The van der Waals surface area contributed by atoms with E-state index in [9.17, 15) is 0 Å². The standard InChI is InChI=1S/C16H27N3/c1-11(16(2,3)4)10-14(19-17)13-8-7-12-6-5-9-18-15(12)13/h5-6,9,11,13-14,19H,7-8,10,17H2,1-4H3. The first-order valence-electron chi connectivity index (χ1n) is 7.33. The average Bonchev–Trinajstić information content (AvgIpc) is 2.78. The van der Waals surface area contributed by atoms with Gasteiger partial charge in [0, 0.05) is 23.9 Å². The van der Waals surface area contributed by atoms with Crippen LogP contribution in [0.15, 0.2) is 18.3 Å². The fraction of sp³-hybridized carbons (Fsp3) is 0.688. The van der Waals surface area contributed by atoms with Gasteiger partial charge in [0.15, 0.2) is 0 Å². The summed E-state index contributed by atoms with van der Waals surface area (Å²) in [6.45, 7) is 9.21. The van der Waals surface area contributed by atoms with Crippen molar-refractivity contribution in [2.75, 3.05) is 0 Å². The number of nitrogens with one attached hydrogen (secondary N) is 1. The van der Waals surface area contributed by atoms with Crippen molar-refractivity contribution in [1.29, 1.82) is 0 Å². The Hall–Kier alpha value is -0.930. The van der Waals surface area contributed by atoms with Gasteiger partial charge in [0.25, 0.3) is 0 Å². The number of nitrogens with zero attached hydrogens (tertiary/aromatic N) is 1. The van der Waals surface area contributed by atoms with Crippen LogP contribution in [0.1, 0.15) is 57.7 Å². The lowest BCUT2D eigenvalue weighted by Gasteiger charge is -2.33. The minimum atomic E-state index is 0.320. The van der Waals surface area contributed by atoms with E-state index in [1.165, 1.54) is 11.3 Å². The lowest BCUT2D eigenvalue weighted by atomic mass is 9.76. The van der Waals surface area contributed by atoms with Crippen molar-refractivity contribution < 1.29 is 0 Å². The van der Waals surface area contributed by atoms with Crippen LogP contribution in [0.2, 0.25) is 0 Å². The Morgan fingerprint density at radius 1 is 1.47 bits per heavy atom. The van der Waals surface area contributed by atoms with Crippen molar-refractivity contribution in [3.8, 4) is 0 Å². The fourth-order valence-electron chi connectivity index (χ4n) is 2.92. The third-order valence-corrected chi connectivity index (χ3v) is 4.79. The Morgan fingerprint density at radius 3 is 2.84 bits per heavy atom. The van der Waals surface area contributed by atoms with Gasteiger partial charge in [0.05, 0.1) is 0 Å². The van der Waals surface area contributed by atoms with Crippen molar-refractivity contribution in [3.63, 3.8) is 0 Å². The first-order valence-corrected chi connectivity index (χ1v) is 7.33. The highest BCUT2D eigenvalue weighted by Gasteiger charge is 2.33. The first kappa shape index (κ1) is 14.5. The second-order valence-electron chi connectivity index (χ2n) is 6.97. The summed E-state index contributed by atoms with van der Waals surface area (Å²) < 4.78 is 0. The van der Waals surface area contributed by atoms with Gasteiger partial charge in [-0.25, -0.2) is 0 Å². The monoisotopic (exact) mass is 261 g/mol. The summed E-state index contributed by atoms with van der Waals surface area (Å²) in [7, 11) is 0. The maximum Gasteiger partial charge on any atom is 0.0482 e. The topological polar surface area (TPSA) is 50.9 Å². The van der Waals surface area contributed by atoms with E-state index in [4.69, 9.17) is 5.84 Å². The van der Waals surface area contributed by atoms with Gasteiger partial charge in [-0.15, -0.1) is 0 Å². The Labute approximate surface area is 117 Å². The first-order chi connectivity index (χ1) is 8.93. The van der Waals surface area contributed by atoms with E-state index in [1.54, 1.807) is 0 Å². The number of pyridine rings is 1. The smallest absolute Gasteiger partial charge is 0.0482 e. The lowest BCUT2D eigenvalue weighted by Crippen LogP contribution is -2.42. The quantitative estimate of drug-likeness (QED) is 0.647. The van der Waals surface area contributed by atoms with Crippen molar-refractivity contribution in [3.05, 3.63) is 29.6 Å². The second kappa shape index (κ2) is 5.59. The van der Waals surface area contributed by atoms with Crippen LogP contribution in [0, 0.1) is 11.3 Å². The fourth-order valence-corrected chi connectivity index (χ4v) is 2.92. The van der Waals surface area contributed by atoms with Crippen LogP contribution in [0.3, 0.4) is 0 Å². The minimum absolute atomic E-state index is 0.320. The van der Waals surface area contributed by atoms with Crippen molar-refractivity contribution in [1.82, 2.24) is 10.4 Å². The number of nitrogens with two attached hydrogens (primary N) is 1. The Balaban J connectivity index is 2.12. The number of aryl methyl sites for hydroxylation is 1. The molecular weight excluding hydrogens is 234 g/mol. The molecule has 1 aromatic rings. The Bertz CT molecular complexity index is 422. The number of fused-ring (bicyclic) bond motifs is 1. The molecule has 3 atom stereocenters. The summed E-state index contributed by atoms with van der Waals surface area (Å²) in [4.78, 5) is 4.58. The molecule has 0 fully saturated rings. The zero-order chi connectivity index (χ0) is 14.0. The van der Waals surface area contributed by atoms with Gasteiger partial charge in [-0.05, 0) is 42.2 Å². The molecule has 3 unspecified atom stereocenters. The average molecular weight is 261 g/mol. The molecule has 0 radical (unpaired) electrons. The Morgan fingerprint density at radius 2 is 2.21 bits per heavy atom. The van der Waals surface area contributed by atoms with Gasteiger partial charge in [-0.3, -0.25) is 16.3 Å². The van der Waals surface area contributed by atoms with Crippen molar-refractivity contribution in [2.45, 2.75) is 58.9 Å². The Kier molecular flexibility index (Phi) is 4.26. The zero-order valence-corrected chi connectivity index (χ0v) is 12.6. The molecule has 1 heterocycles. The van der Waals surface area contributed by atoms with Crippen molar-refractivity contribution in [2.24, 2.45) is 17.2 Å². The highest BCUT2D eigenvalue weighted by Crippen LogP contribution is 2.38. The predicted molar refractivity (Wildman–Crippen MR) is 79.6 cm³/mol. The normalized spacial score (nSPS) is 22.1. The predicted octanol–water partition coefficient (Wildman–Crippen LogP) is 3.02. The zero-order valence-electron chi connectivity index (χ0n) is 12.6. The molecule has 1 aliphatic rings. The molecule has 19 heavy (non-hydrogen) atoms. The van der Waals surface area contributed by atoms with Gasteiger partial charge < -0.3 is 0 Å². The largest absolute Gasteiger partial charge is 0.271 e.